The van der Waals surface area contributed by atoms with Crippen molar-refractivity contribution in [1.82, 2.24) is 30.5 Å². The van der Waals surface area contributed by atoms with Gasteiger partial charge in [-0.05, 0) is 63.0 Å². The summed E-state index contributed by atoms with van der Waals surface area (Å²) >= 11 is 3.78. The minimum Gasteiger partial charge on any atom is -0.480 e. The second-order valence-corrected chi connectivity index (χ2v) is 8.58. The van der Waals surface area contributed by atoms with E-state index in [0.29, 0.717) is 5.82 Å². The predicted octanol–water partition coefficient (Wildman–Crippen LogP) is 3.74. The van der Waals surface area contributed by atoms with E-state index in [-0.39, 0.29) is 13.2 Å². The summed E-state index contributed by atoms with van der Waals surface area (Å²) in [5.74, 6) is -0.601. The zero-order chi connectivity index (χ0) is 23.3. The Morgan fingerprint density at radius 2 is 2.03 bits per heavy atom. The average molecular weight is 511 g/mol. The minimum absolute atomic E-state index is 0.0296. The number of hydrogen-bond donors (Lipinski definition) is 3. The van der Waals surface area contributed by atoms with E-state index < -0.39 is 18.1 Å². The first kappa shape index (κ1) is 21.1. The maximum Gasteiger partial charge on any atom is 0.407 e. The topological polar surface area (TPSA) is 135 Å². The summed E-state index contributed by atoms with van der Waals surface area (Å²) in [7, 11) is 0. The van der Waals surface area contributed by atoms with Crippen LogP contribution in [-0.2, 0) is 16.1 Å². The standard InChI is InChI=1S/C22H19BrN6O4/c1-10-6-7-14-17-15(10)12-4-3-5-13(19(25-14)18(17)23)16(12)20-26-27-28-29(20)8-9-33-22(32)24-11(2)21(30)31/h3-7,11,25H,8-9H2,1-2H3,(H,24,32)(H,30,31)/t11-/m0/s1. The van der Waals surface area contributed by atoms with Crippen LogP contribution < -0.4 is 5.32 Å². The number of halogens is 1. The molecule has 0 unspecified atom stereocenters. The molecule has 0 fully saturated rings. The number of aromatic nitrogens is 5. The number of aliphatic carboxylic acids is 1. The highest BCUT2D eigenvalue weighted by Gasteiger charge is 2.28. The zero-order valence-electron chi connectivity index (χ0n) is 17.7. The molecule has 2 aromatic carbocycles. The van der Waals surface area contributed by atoms with Gasteiger partial charge in [0.05, 0.1) is 16.7 Å². The third-order valence-electron chi connectivity index (χ3n) is 5.71. The van der Waals surface area contributed by atoms with Crippen molar-refractivity contribution in [2.24, 2.45) is 0 Å². The number of H-pyrrole nitrogens is 1. The van der Waals surface area contributed by atoms with Crippen molar-refractivity contribution in [3.63, 3.8) is 0 Å². The number of carbonyl (C=O) groups is 2. The van der Waals surface area contributed by atoms with Crippen molar-refractivity contribution in [3.05, 3.63) is 40.4 Å². The second-order valence-electron chi connectivity index (χ2n) is 7.79. The van der Waals surface area contributed by atoms with E-state index in [0.717, 1.165) is 48.9 Å². The fraction of sp³-hybridized carbons (Fsp3) is 0.227. The minimum atomic E-state index is -1.15. The molecule has 3 N–H and O–H groups in total. The first-order chi connectivity index (χ1) is 15.9. The largest absolute Gasteiger partial charge is 0.480 e. The van der Waals surface area contributed by atoms with Crippen LogP contribution in [-0.4, -0.2) is 55.0 Å². The summed E-state index contributed by atoms with van der Waals surface area (Å²) in [5.41, 5.74) is 7.06. The molecule has 5 rings (SSSR count). The number of carboxylic acid groups (broad SMARTS) is 1. The molecule has 168 valence electrons. The molecule has 10 nitrogen and oxygen atoms in total. The van der Waals surface area contributed by atoms with Crippen molar-refractivity contribution < 1.29 is 19.4 Å². The molecule has 1 amide bonds. The SMILES string of the molecule is Cc1ccc2[nH]c3c(Br)c2c1-c1cccc-3c1-c1nnnn1CCOC(=O)N[C@@H](C)C(=O)O. The van der Waals surface area contributed by atoms with E-state index in [4.69, 9.17) is 9.84 Å². The van der Waals surface area contributed by atoms with Gasteiger partial charge >= 0.3 is 12.1 Å². The number of benzene rings is 2. The Hall–Kier alpha value is -3.73. The Morgan fingerprint density at radius 1 is 1.24 bits per heavy atom. The van der Waals surface area contributed by atoms with Gasteiger partial charge in [0.1, 0.15) is 12.6 Å². The van der Waals surface area contributed by atoms with Gasteiger partial charge in [0.25, 0.3) is 0 Å². The molecule has 1 aliphatic rings. The number of carbonyl (C=O) groups excluding carboxylic acids is 1. The molecule has 2 heterocycles. The number of hydrogen-bond acceptors (Lipinski definition) is 6. The molecule has 0 saturated carbocycles. The van der Waals surface area contributed by atoms with Crippen LogP contribution in [0.25, 0.3) is 44.7 Å². The Bertz CT molecular complexity index is 1430. The predicted molar refractivity (Wildman–Crippen MR) is 124 cm³/mol. The quantitative estimate of drug-likeness (QED) is 0.316. The van der Waals surface area contributed by atoms with Crippen LogP contribution in [0, 0.1) is 6.92 Å². The van der Waals surface area contributed by atoms with Gasteiger partial charge in [0, 0.05) is 22.0 Å². The number of tetrazole rings is 1. The van der Waals surface area contributed by atoms with Gasteiger partial charge in [-0.25, -0.2) is 9.48 Å². The van der Waals surface area contributed by atoms with Crippen LogP contribution in [0.4, 0.5) is 4.79 Å². The van der Waals surface area contributed by atoms with Crippen LogP contribution in [0.5, 0.6) is 0 Å². The first-order valence-corrected chi connectivity index (χ1v) is 11.0. The molecule has 0 spiro atoms. The normalized spacial score (nSPS) is 12.6. The molecular formula is C22H19BrN6O4. The average Bonchev–Trinajstić information content (AvgIpc) is 3.36. The van der Waals surface area contributed by atoms with Gasteiger partial charge in [0.2, 0.25) is 0 Å². The summed E-state index contributed by atoms with van der Waals surface area (Å²) in [5, 5.41) is 24.5. The van der Waals surface area contributed by atoms with Crippen LogP contribution in [0.3, 0.4) is 0 Å². The first-order valence-electron chi connectivity index (χ1n) is 10.2. The second kappa shape index (κ2) is 8.00. The summed E-state index contributed by atoms with van der Waals surface area (Å²) < 4.78 is 7.68. The van der Waals surface area contributed by atoms with E-state index >= 15 is 0 Å². The number of amides is 1. The van der Waals surface area contributed by atoms with Crippen molar-refractivity contribution in [2.45, 2.75) is 26.4 Å². The molecule has 11 heteroatoms. The number of ether oxygens (including phenoxy) is 1. The Balaban J connectivity index is 1.49. The van der Waals surface area contributed by atoms with E-state index in [1.165, 1.54) is 6.92 Å². The molecule has 1 aliphatic carbocycles. The lowest BCUT2D eigenvalue weighted by atomic mass is 9.91. The smallest absolute Gasteiger partial charge is 0.407 e. The number of alkyl carbamates (subject to hydrolysis) is 1. The van der Waals surface area contributed by atoms with Gasteiger partial charge in [-0.1, -0.05) is 24.3 Å². The van der Waals surface area contributed by atoms with Crippen molar-refractivity contribution in [3.8, 4) is 33.8 Å². The number of aryl methyl sites for hydroxylation is 1. The van der Waals surface area contributed by atoms with Crippen LogP contribution in [0.15, 0.2) is 34.8 Å². The van der Waals surface area contributed by atoms with E-state index in [9.17, 15) is 9.59 Å². The van der Waals surface area contributed by atoms with Crippen LogP contribution >= 0.6 is 15.9 Å². The zero-order valence-corrected chi connectivity index (χ0v) is 19.3. The Morgan fingerprint density at radius 3 is 2.82 bits per heavy atom. The number of nitrogens with one attached hydrogen (secondary N) is 2. The van der Waals surface area contributed by atoms with E-state index in [2.05, 4.69) is 66.9 Å². The van der Waals surface area contributed by atoms with Gasteiger partial charge in [0.15, 0.2) is 5.82 Å². The molecule has 33 heavy (non-hydrogen) atoms. The van der Waals surface area contributed by atoms with Gasteiger partial charge < -0.3 is 20.1 Å². The Kier molecular flexibility index (Phi) is 5.12. The molecule has 0 radical (unpaired) electrons. The molecule has 0 aliphatic heterocycles. The molecule has 1 atom stereocenters. The summed E-state index contributed by atoms with van der Waals surface area (Å²) in [6.07, 6.45) is -0.816. The molecule has 4 bridgehead atoms. The molecule has 0 saturated heterocycles. The third-order valence-corrected chi connectivity index (χ3v) is 6.50. The molecular weight excluding hydrogens is 492 g/mol. The monoisotopic (exact) mass is 510 g/mol. The number of carboxylic acids is 1. The van der Waals surface area contributed by atoms with E-state index in [1.54, 1.807) is 4.68 Å². The summed E-state index contributed by atoms with van der Waals surface area (Å²) in [6, 6.07) is 9.19. The van der Waals surface area contributed by atoms with Crippen LogP contribution in [0.1, 0.15) is 12.5 Å². The highest BCUT2D eigenvalue weighted by atomic mass is 79.9. The number of fused-ring (bicyclic) bond motifs is 5. The third kappa shape index (κ3) is 3.44. The highest BCUT2D eigenvalue weighted by molar-refractivity contribution is 9.10. The lowest BCUT2D eigenvalue weighted by molar-refractivity contribution is -0.138. The van der Waals surface area contributed by atoms with Gasteiger partial charge in [-0.2, -0.15) is 0 Å². The maximum absolute atomic E-state index is 11.8. The molecule has 2 aromatic heterocycles. The number of rotatable bonds is 6. The number of nitrogens with zero attached hydrogens (tertiary/aromatic N) is 4. The lowest BCUT2D eigenvalue weighted by Gasteiger charge is -2.16. The lowest BCUT2D eigenvalue weighted by Crippen LogP contribution is -2.39. The van der Waals surface area contributed by atoms with Crippen molar-refractivity contribution in [2.75, 3.05) is 6.61 Å². The van der Waals surface area contributed by atoms with Gasteiger partial charge in [-0.15, -0.1) is 5.10 Å². The van der Waals surface area contributed by atoms with Gasteiger partial charge in [-0.3, -0.25) is 4.79 Å². The number of aromatic amines is 1. The van der Waals surface area contributed by atoms with Crippen LogP contribution in [0.2, 0.25) is 0 Å². The fourth-order valence-corrected chi connectivity index (χ4v) is 4.86. The van der Waals surface area contributed by atoms with Crippen molar-refractivity contribution in [1.29, 1.82) is 0 Å². The fourth-order valence-electron chi connectivity index (χ4n) is 4.14. The van der Waals surface area contributed by atoms with E-state index in [1.807, 2.05) is 12.1 Å². The summed E-state index contributed by atoms with van der Waals surface area (Å²) in [6.45, 7) is 3.60. The maximum atomic E-state index is 11.8. The molecule has 4 aromatic rings. The Labute approximate surface area is 196 Å². The highest BCUT2D eigenvalue weighted by Crippen LogP contribution is 2.50. The summed E-state index contributed by atoms with van der Waals surface area (Å²) in [4.78, 5) is 26.2. The van der Waals surface area contributed by atoms with Crippen molar-refractivity contribution >= 4 is 38.9 Å².